The minimum Gasteiger partial charge on any atom is -0.452 e. The summed E-state index contributed by atoms with van der Waals surface area (Å²) < 4.78 is 10.3. The second-order valence-electron chi connectivity index (χ2n) is 5.38. The smallest absolute Gasteiger partial charge is 0.340 e. The standard InChI is InChI=1S/C16H18N2O4/c19-14(18-8-3-1-2-4-9-18)10-21-16(20)12-6-5-7-13-15(12)17-11-22-13/h5-7,11H,1-4,8-10H2. The van der Waals surface area contributed by atoms with E-state index in [4.69, 9.17) is 9.15 Å². The summed E-state index contributed by atoms with van der Waals surface area (Å²) in [6.45, 7) is 1.26. The van der Waals surface area contributed by atoms with Crippen LogP contribution in [0.1, 0.15) is 36.0 Å². The molecule has 0 N–H and O–H groups in total. The van der Waals surface area contributed by atoms with Gasteiger partial charge in [0.25, 0.3) is 5.91 Å². The third kappa shape index (κ3) is 3.10. The lowest BCUT2D eigenvalue weighted by molar-refractivity contribution is -0.134. The molecule has 1 aliphatic rings. The maximum atomic E-state index is 12.1. The van der Waals surface area contributed by atoms with Crippen molar-refractivity contribution in [3.8, 4) is 0 Å². The number of hydrogen-bond donors (Lipinski definition) is 0. The summed E-state index contributed by atoms with van der Waals surface area (Å²) in [5.74, 6) is -0.690. The lowest BCUT2D eigenvalue weighted by atomic mass is 10.2. The third-order valence-electron chi connectivity index (χ3n) is 3.87. The van der Waals surface area contributed by atoms with E-state index < -0.39 is 5.97 Å². The fourth-order valence-electron chi connectivity index (χ4n) is 2.67. The average molecular weight is 302 g/mol. The predicted molar refractivity (Wildman–Crippen MR) is 79.3 cm³/mol. The van der Waals surface area contributed by atoms with Crippen molar-refractivity contribution in [1.82, 2.24) is 9.88 Å². The molecule has 1 aromatic heterocycles. The maximum Gasteiger partial charge on any atom is 0.340 e. The van der Waals surface area contributed by atoms with E-state index in [9.17, 15) is 9.59 Å². The van der Waals surface area contributed by atoms with Gasteiger partial charge < -0.3 is 14.1 Å². The number of fused-ring (bicyclic) bond motifs is 1. The molecule has 1 saturated heterocycles. The number of aromatic nitrogens is 1. The Morgan fingerprint density at radius 2 is 1.95 bits per heavy atom. The van der Waals surface area contributed by atoms with Gasteiger partial charge in [-0.3, -0.25) is 4.79 Å². The highest BCUT2D eigenvalue weighted by Gasteiger charge is 2.19. The van der Waals surface area contributed by atoms with E-state index in [1.807, 2.05) is 0 Å². The molecular weight excluding hydrogens is 284 g/mol. The molecular formula is C16H18N2O4. The Kier molecular flexibility index (Phi) is 4.37. The molecule has 0 saturated carbocycles. The zero-order valence-electron chi connectivity index (χ0n) is 12.3. The molecule has 6 nitrogen and oxygen atoms in total. The number of benzene rings is 1. The van der Waals surface area contributed by atoms with Crippen LogP contribution in [0.5, 0.6) is 0 Å². The highest BCUT2D eigenvalue weighted by atomic mass is 16.5. The first-order valence-electron chi connectivity index (χ1n) is 7.53. The molecule has 1 amide bonds. The second-order valence-corrected chi connectivity index (χ2v) is 5.38. The number of carbonyl (C=O) groups is 2. The topological polar surface area (TPSA) is 72.6 Å². The van der Waals surface area contributed by atoms with Gasteiger partial charge in [-0.05, 0) is 25.0 Å². The maximum absolute atomic E-state index is 12.1. The van der Waals surface area contributed by atoms with Crippen LogP contribution in [0.15, 0.2) is 29.0 Å². The van der Waals surface area contributed by atoms with E-state index in [2.05, 4.69) is 4.98 Å². The van der Waals surface area contributed by atoms with Gasteiger partial charge in [0.05, 0.1) is 5.56 Å². The normalized spacial score (nSPS) is 15.5. The van der Waals surface area contributed by atoms with Crippen molar-refractivity contribution in [1.29, 1.82) is 0 Å². The van der Waals surface area contributed by atoms with Crippen LogP contribution in [-0.2, 0) is 9.53 Å². The van der Waals surface area contributed by atoms with E-state index in [1.165, 1.54) is 6.39 Å². The Morgan fingerprint density at radius 3 is 2.73 bits per heavy atom. The molecule has 6 heteroatoms. The molecule has 2 heterocycles. The first kappa shape index (κ1) is 14.6. The Morgan fingerprint density at radius 1 is 1.18 bits per heavy atom. The highest BCUT2D eigenvalue weighted by molar-refractivity contribution is 6.01. The molecule has 0 bridgehead atoms. The molecule has 0 spiro atoms. The predicted octanol–water partition coefficient (Wildman–Crippen LogP) is 2.39. The van der Waals surface area contributed by atoms with Crippen LogP contribution >= 0.6 is 0 Å². The number of esters is 1. The quantitative estimate of drug-likeness (QED) is 0.814. The zero-order valence-corrected chi connectivity index (χ0v) is 12.3. The number of likely N-dealkylation sites (tertiary alicyclic amines) is 1. The Labute approximate surface area is 128 Å². The largest absolute Gasteiger partial charge is 0.452 e. The van der Waals surface area contributed by atoms with E-state index in [-0.39, 0.29) is 12.5 Å². The van der Waals surface area contributed by atoms with Crippen molar-refractivity contribution in [2.75, 3.05) is 19.7 Å². The summed E-state index contributed by atoms with van der Waals surface area (Å²) in [6.07, 6.45) is 5.61. The number of para-hydroxylation sites is 1. The van der Waals surface area contributed by atoms with Gasteiger partial charge in [-0.25, -0.2) is 9.78 Å². The first-order chi connectivity index (χ1) is 10.8. The number of ether oxygens (including phenoxy) is 1. The molecule has 3 rings (SSSR count). The van der Waals surface area contributed by atoms with Crippen molar-refractivity contribution in [2.45, 2.75) is 25.7 Å². The van der Waals surface area contributed by atoms with Crippen LogP contribution in [0.3, 0.4) is 0 Å². The number of nitrogens with zero attached hydrogens (tertiary/aromatic N) is 2. The third-order valence-corrected chi connectivity index (χ3v) is 3.87. The van der Waals surface area contributed by atoms with Crippen molar-refractivity contribution in [3.05, 3.63) is 30.2 Å². The monoisotopic (exact) mass is 302 g/mol. The number of amides is 1. The summed E-state index contributed by atoms with van der Waals surface area (Å²) in [5, 5.41) is 0. The summed E-state index contributed by atoms with van der Waals surface area (Å²) in [5.41, 5.74) is 1.29. The van der Waals surface area contributed by atoms with Gasteiger partial charge in [0, 0.05) is 13.1 Å². The zero-order chi connectivity index (χ0) is 15.4. The highest BCUT2D eigenvalue weighted by Crippen LogP contribution is 2.18. The van der Waals surface area contributed by atoms with Gasteiger partial charge in [0.2, 0.25) is 0 Å². The summed E-state index contributed by atoms with van der Waals surface area (Å²) in [6, 6.07) is 5.03. The minimum atomic E-state index is -0.553. The molecule has 0 radical (unpaired) electrons. The van der Waals surface area contributed by atoms with Crippen LogP contribution in [0.4, 0.5) is 0 Å². The summed E-state index contributed by atoms with van der Waals surface area (Å²) in [4.78, 5) is 30.0. The lowest BCUT2D eigenvalue weighted by Crippen LogP contribution is -2.35. The van der Waals surface area contributed by atoms with Crippen LogP contribution in [0, 0.1) is 0 Å². The van der Waals surface area contributed by atoms with Crippen LogP contribution in [0.25, 0.3) is 11.1 Å². The summed E-state index contributed by atoms with van der Waals surface area (Å²) in [7, 11) is 0. The second kappa shape index (κ2) is 6.60. The average Bonchev–Trinajstić information content (AvgIpc) is 2.85. The number of oxazole rings is 1. The molecule has 0 aliphatic carbocycles. The SMILES string of the molecule is O=C(OCC(=O)N1CCCCCC1)c1cccc2ocnc12. The van der Waals surface area contributed by atoms with Gasteiger partial charge in [-0.2, -0.15) is 0 Å². The molecule has 1 fully saturated rings. The fourth-order valence-corrected chi connectivity index (χ4v) is 2.67. The number of carbonyl (C=O) groups excluding carboxylic acids is 2. The minimum absolute atomic E-state index is 0.137. The van der Waals surface area contributed by atoms with Gasteiger partial charge in [-0.1, -0.05) is 18.9 Å². The van der Waals surface area contributed by atoms with E-state index >= 15 is 0 Å². The van der Waals surface area contributed by atoms with E-state index in [0.29, 0.717) is 16.7 Å². The Balaban J connectivity index is 1.62. The molecule has 116 valence electrons. The van der Waals surface area contributed by atoms with Gasteiger partial charge in [0.15, 0.2) is 18.6 Å². The van der Waals surface area contributed by atoms with Crippen LogP contribution < -0.4 is 0 Å². The van der Waals surface area contributed by atoms with Gasteiger partial charge in [-0.15, -0.1) is 0 Å². The molecule has 0 unspecified atom stereocenters. The summed E-state index contributed by atoms with van der Waals surface area (Å²) >= 11 is 0. The molecule has 2 aromatic rings. The molecule has 1 aliphatic heterocycles. The lowest BCUT2D eigenvalue weighted by Gasteiger charge is -2.19. The number of hydrogen-bond acceptors (Lipinski definition) is 5. The van der Waals surface area contributed by atoms with Crippen molar-refractivity contribution < 1.29 is 18.7 Å². The van der Waals surface area contributed by atoms with Gasteiger partial charge >= 0.3 is 5.97 Å². The van der Waals surface area contributed by atoms with Crippen molar-refractivity contribution in [3.63, 3.8) is 0 Å². The van der Waals surface area contributed by atoms with Gasteiger partial charge in [0.1, 0.15) is 5.52 Å². The van der Waals surface area contributed by atoms with E-state index in [1.54, 1.807) is 23.1 Å². The number of rotatable bonds is 3. The van der Waals surface area contributed by atoms with E-state index in [0.717, 1.165) is 38.8 Å². The van der Waals surface area contributed by atoms with Crippen LogP contribution in [-0.4, -0.2) is 41.5 Å². The molecule has 22 heavy (non-hydrogen) atoms. The van der Waals surface area contributed by atoms with Crippen LogP contribution in [0.2, 0.25) is 0 Å². The van der Waals surface area contributed by atoms with Crippen molar-refractivity contribution in [2.24, 2.45) is 0 Å². The first-order valence-corrected chi connectivity index (χ1v) is 7.53. The molecule has 1 aromatic carbocycles. The Bertz CT molecular complexity index is 672. The van der Waals surface area contributed by atoms with Crippen molar-refractivity contribution >= 4 is 23.0 Å². The molecule has 0 atom stereocenters. The fraction of sp³-hybridized carbons (Fsp3) is 0.438. The Hall–Kier alpha value is -2.37.